The molecule has 0 atom stereocenters. The van der Waals surface area contributed by atoms with Crippen LogP contribution in [-0.4, -0.2) is 29.1 Å². The normalized spacial score (nSPS) is 13.9. The first-order valence-corrected chi connectivity index (χ1v) is 13.2. The van der Waals surface area contributed by atoms with Crippen LogP contribution in [0.4, 0.5) is 5.69 Å². The second-order valence-corrected chi connectivity index (χ2v) is 10.8. The van der Waals surface area contributed by atoms with E-state index in [0.717, 1.165) is 60.2 Å². The minimum absolute atomic E-state index is 0.188. The predicted molar refractivity (Wildman–Crippen MR) is 128 cm³/mol. The van der Waals surface area contributed by atoms with E-state index in [1.807, 2.05) is 24.3 Å². The lowest BCUT2D eigenvalue weighted by Gasteiger charge is -2.14. The van der Waals surface area contributed by atoms with Gasteiger partial charge in [0.25, 0.3) is 15.9 Å². The smallest absolute Gasteiger partial charge is 0.271 e. The summed E-state index contributed by atoms with van der Waals surface area (Å²) in [5.41, 5.74) is 0.490. The molecule has 0 saturated carbocycles. The van der Waals surface area contributed by atoms with Crippen molar-refractivity contribution in [2.75, 3.05) is 4.72 Å². The molecule has 4 aromatic rings. The first kappa shape index (κ1) is 21.6. The average molecular weight is 482 g/mol. The molecule has 2 aromatic heterocycles. The fourth-order valence-electron chi connectivity index (χ4n) is 4.05. The monoisotopic (exact) mass is 481 g/mol. The van der Waals surface area contributed by atoms with Gasteiger partial charge in [0, 0.05) is 13.0 Å². The van der Waals surface area contributed by atoms with E-state index in [9.17, 15) is 13.2 Å². The van der Waals surface area contributed by atoms with Crippen LogP contribution < -0.4 is 10.0 Å². The number of aryl methyl sites for hydroxylation is 1. The summed E-state index contributed by atoms with van der Waals surface area (Å²) >= 11 is 1.12. The fourth-order valence-corrected chi connectivity index (χ4v) is 6.12. The Balaban J connectivity index is 1.44. The summed E-state index contributed by atoms with van der Waals surface area (Å²) < 4.78 is 30.6. The molecule has 1 aliphatic rings. The molecule has 170 valence electrons. The minimum Gasteiger partial charge on any atom is -0.345 e. The highest BCUT2D eigenvalue weighted by Gasteiger charge is 2.21. The second kappa shape index (κ2) is 8.95. The summed E-state index contributed by atoms with van der Waals surface area (Å²) in [5, 5.41) is 14.8. The van der Waals surface area contributed by atoms with Crippen LogP contribution in [0.3, 0.4) is 0 Å². The number of nitrogens with zero attached hydrogens (tertiary/aromatic N) is 3. The molecule has 10 heteroatoms. The van der Waals surface area contributed by atoms with E-state index in [-0.39, 0.29) is 27.9 Å². The zero-order valence-corrected chi connectivity index (χ0v) is 19.5. The summed E-state index contributed by atoms with van der Waals surface area (Å²) in [6, 6.07) is 14.1. The molecule has 3 heterocycles. The van der Waals surface area contributed by atoms with Gasteiger partial charge in [-0.15, -0.1) is 21.5 Å². The van der Waals surface area contributed by atoms with Crippen LogP contribution in [0, 0.1) is 0 Å². The van der Waals surface area contributed by atoms with Crippen LogP contribution in [0.15, 0.2) is 58.1 Å². The zero-order chi connectivity index (χ0) is 22.8. The van der Waals surface area contributed by atoms with E-state index >= 15 is 0 Å². The third-order valence-corrected chi connectivity index (χ3v) is 8.49. The standard InChI is InChI=1S/C23H23N5O3S2/c29-23(24-15-21-26-25-20-9-2-1-5-11-28(20)21)18-13-16-7-3-4-8-17(16)14-19(18)27-33(30,31)22-10-6-12-32-22/h3-4,6-8,10,12-14,27H,1-2,5,9,11,15H2,(H,24,29). The maximum Gasteiger partial charge on any atom is 0.271 e. The number of anilines is 1. The Morgan fingerprint density at radius 3 is 2.64 bits per heavy atom. The summed E-state index contributed by atoms with van der Waals surface area (Å²) in [4.78, 5) is 13.2. The molecule has 2 N–H and O–H groups in total. The molecule has 2 aromatic carbocycles. The van der Waals surface area contributed by atoms with Crippen molar-refractivity contribution < 1.29 is 13.2 Å². The number of carbonyl (C=O) groups excluding carboxylic acids is 1. The number of fused-ring (bicyclic) bond motifs is 2. The number of carbonyl (C=O) groups is 1. The quantitative estimate of drug-likeness (QED) is 0.434. The Bertz CT molecular complexity index is 1410. The maximum absolute atomic E-state index is 13.2. The Labute approximate surface area is 195 Å². The largest absolute Gasteiger partial charge is 0.345 e. The van der Waals surface area contributed by atoms with Crippen LogP contribution in [0.1, 0.15) is 41.3 Å². The van der Waals surface area contributed by atoms with Gasteiger partial charge in [0.05, 0.1) is 17.8 Å². The number of benzene rings is 2. The molecule has 0 fully saturated rings. The van der Waals surface area contributed by atoms with E-state index in [4.69, 9.17) is 0 Å². The predicted octanol–water partition coefficient (Wildman–Crippen LogP) is 3.95. The van der Waals surface area contributed by atoms with Gasteiger partial charge >= 0.3 is 0 Å². The Morgan fingerprint density at radius 1 is 1.03 bits per heavy atom. The molecule has 5 rings (SSSR count). The van der Waals surface area contributed by atoms with Crippen molar-refractivity contribution in [3.05, 3.63) is 71.1 Å². The molecule has 1 amide bonds. The van der Waals surface area contributed by atoms with Gasteiger partial charge in [-0.05, 0) is 47.2 Å². The molecule has 8 nitrogen and oxygen atoms in total. The van der Waals surface area contributed by atoms with Gasteiger partial charge < -0.3 is 9.88 Å². The molecule has 1 aliphatic heterocycles. The van der Waals surface area contributed by atoms with Crippen molar-refractivity contribution in [3.63, 3.8) is 0 Å². The number of rotatable bonds is 6. The Kier molecular flexibility index (Phi) is 5.86. The fraction of sp³-hybridized carbons (Fsp3) is 0.261. The van der Waals surface area contributed by atoms with Gasteiger partial charge in [-0.3, -0.25) is 9.52 Å². The number of nitrogens with one attached hydrogen (secondary N) is 2. The average Bonchev–Trinajstić information content (AvgIpc) is 3.43. The van der Waals surface area contributed by atoms with E-state index < -0.39 is 10.0 Å². The van der Waals surface area contributed by atoms with Crippen molar-refractivity contribution in [3.8, 4) is 0 Å². The number of hydrogen-bond donors (Lipinski definition) is 2. The third kappa shape index (κ3) is 4.49. The van der Waals surface area contributed by atoms with Gasteiger partial charge in [-0.25, -0.2) is 8.42 Å². The van der Waals surface area contributed by atoms with Gasteiger partial charge in [0.2, 0.25) is 0 Å². The molecule has 0 bridgehead atoms. The topological polar surface area (TPSA) is 106 Å². The van der Waals surface area contributed by atoms with Gasteiger partial charge in [-0.2, -0.15) is 0 Å². The minimum atomic E-state index is -3.81. The lowest BCUT2D eigenvalue weighted by atomic mass is 10.0. The first-order chi connectivity index (χ1) is 16.0. The highest BCUT2D eigenvalue weighted by atomic mass is 32.2. The first-order valence-electron chi connectivity index (χ1n) is 10.8. The van der Waals surface area contributed by atoms with Gasteiger partial charge in [-0.1, -0.05) is 36.8 Å². The molecule has 0 radical (unpaired) electrons. The molecule has 0 aliphatic carbocycles. The highest BCUT2D eigenvalue weighted by Crippen LogP contribution is 2.28. The molecule has 0 saturated heterocycles. The van der Waals surface area contributed by atoms with Crippen LogP contribution in [0.2, 0.25) is 0 Å². The summed E-state index contributed by atoms with van der Waals surface area (Å²) in [7, 11) is -3.81. The van der Waals surface area contributed by atoms with Crippen molar-refractivity contribution in [1.29, 1.82) is 0 Å². The van der Waals surface area contributed by atoms with Gasteiger partial charge in [0.1, 0.15) is 10.0 Å². The Hall–Kier alpha value is -3.24. The maximum atomic E-state index is 13.2. The molecular weight excluding hydrogens is 458 g/mol. The zero-order valence-electron chi connectivity index (χ0n) is 17.8. The number of aromatic nitrogens is 3. The number of thiophene rings is 1. The number of sulfonamides is 1. The van der Waals surface area contributed by atoms with E-state index in [2.05, 4.69) is 24.8 Å². The SMILES string of the molecule is O=C(NCc1nnc2n1CCCCC2)c1cc2ccccc2cc1NS(=O)(=O)c1cccs1. The van der Waals surface area contributed by atoms with E-state index in [1.54, 1.807) is 23.6 Å². The van der Waals surface area contributed by atoms with Crippen molar-refractivity contribution in [2.45, 2.75) is 43.0 Å². The molecular formula is C23H23N5O3S2. The number of hydrogen-bond acceptors (Lipinski definition) is 6. The van der Waals surface area contributed by atoms with Crippen LogP contribution in [0.5, 0.6) is 0 Å². The second-order valence-electron chi connectivity index (χ2n) is 7.96. The van der Waals surface area contributed by atoms with Crippen molar-refractivity contribution >= 4 is 43.7 Å². The van der Waals surface area contributed by atoms with Crippen LogP contribution in [0.25, 0.3) is 10.8 Å². The van der Waals surface area contributed by atoms with E-state index in [0.29, 0.717) is 5.82 Å². The summed E-state index contributed by atoms with van der Waals surface area (Å²) in [5.74, 6) is 1.28. The van der Waals surface area contributed by atoms with Crippen LogP contribution in [-0.2, 0) is 29.5 Å². The Morgan fingerprint density at radius 2 is 1.85 bits per heavy atom. The number of amides is 1. The molecule has 0 unspecified atom stereocenters. The summed E-state index contributed by atoms with van der Waals surface area (Å²) in [6.45, 7) is 1.06. The van der Waals surface area contributed by atoms with Gasteiger partial charge in [0.15, 0.2) is 5.82 Å². The van der Waals surface area contributed by atoms with Crippen molar-refractivity contribution in [1.82, 2.24) is 20.1 Å². The van der Waals surface area contributed by atoms with Crippen molar-refractivity contribution in [2.24, 2.45) is 0 Å². The van der Waals surface area contributed by atoms with Crippen LogP contribution >= 0.6 is 11.3 Å². The highest BCUT2D eigenvalue weighted by molar-refractivity contribution is 7.94. The van der Waals surface area contributed by atoms with E-state index in [1.165, 1.54) is 6.07 Å². The summed E-state index contributed by atoms with van der Waals surface area (Å²) in [6.07, 6.45) is 4.20. The lowest BCUT2D eigenvalue weighted by Crippen LogP contribution is -2.26. The molecule has 33 heavy (non-hydrogen) atoms. The molecule has 0 spiro atoms. The third-order valence-electron chi connectivity index (χ3n) is 5.73. The lowest BCUT2D eigenvalue weighted by molar-refractivity contribution is 0.0950.